The molecule has 14 heavy (non-hydrogen) atoms. The van der Waals surface area contributed by atoms with Crippen molar-refractivity contribution in [2.45, 2.75) is 6.42 Å². The van der Waals surface area contributed by atoms with Crippen LogP contribution in [0.3, 0.4) is 0 Å². The lowest BCUT2D eigenvalue weighted by Gasteiger charge is -1.99. The first-order valence-corrected chi connectivity index (χ1v) is 4.81. The SMILES string of the molecule is CNCCC#Cc1c(N)cccc1Cl. The molecule has 0 bridgehead atoms. The third-order valence-corrected chi connectivity index (χ3v) is 2.07. The number of hydrogen-bond acceptors (Lipinski definition) is 2. The fraction of sp³-hybridized carbons (Fsp3) is 0.273. The van der Waals surface area contributed by atoms with Gasteiger partial charge in [-0.2, -0.15) is 0 Å². The predicted octanol–water partition coefficient (Wildman–Crippen LogP) is 1.88. The number of hydrogen-bond donors (Lipinski definition) is 2. The van der Waals surface area contributed by atoms with E-state index in [0.29, 0.717) is 10.7 Å². The van der Waals surface area contributed by atoms with Crippen molar-refractivity contribution in [3.8, 4) is 11.8 Å². The standard InChI is InChI=1S/C11H13ClN2/c1-14-8-3-2-5-9-10(12)6-4-7-11(9)13/h4,6-7,14H,3,8,13H2,1H3. The van der Waals surface area contributed by atoms with E-state index in [1.54, 1.807) is 12.1 Å². The fourth-order valence-electron chi connectivity index (χ4n) is 1.01. The summed E-state index contributed by atoms with van der Waals surface area (Å²) < 4.78 is 0. The number of nitrogens with one attached hydrogen (secondary N) is 1. The Hall–Kier alpha value is -1.17. The van der Waals surface area contributed by atoms with Crippen molar-refractivity contribution < 1.29 is 0 Å². The van der Waals surface area contributed by atoms with Gasteiger partial charge in [-0.05, 0) is 19.2 Å². The van der Waals surface area contributed by atoms with E-state index >= 15 is 0 Å². The molecule has 1 aromatic rings. The van der Waals surface area contributed by atoms with Crippen LogP contribution in [0, 0.1) is 11.8 Å². The third-order valence-electron chi connectivity index (χ3n) is 1.76. The average Bonchev–Trinajstić information content (AvgIpc) is 2.16. The Kier molecular flexibility index (Phi) is 4.31. The van der Waals surface area contributed by atoms with Gasteiger partial charge in [-0.15, -0.1) is 0 Å². The zero-order chi connectivity index (χ0) is 10.4. The van der Waals surface area contributed by atoms with Crippen LogP contribution in [0.25, 0.3) is 0 Å². The summed E-state index contributed by atoms with van der Waals surface area (Å²) in [4.78, 5) is 0. The molecule has 0 radical (unpaired) electrons. The lowest BCUT2D eigenvalue weighted by Crippen LogP contribution is -2.05. The second kappa shape index (κ2) is 5.54. The zero-order valence-electron chi connectivity index (χ0n) is 8.10. The van der Waals surface area contributed by atoms with Crippen molar-refractivity contribution in [1.29, 1.82) is 0 Å². The van der Waals surface area contributed by atoms with Crippen LogP contribution in [-0.4, -0.2) is 13.6 Å². The van der Waals surface area contributed by atoms with Gasteiger partial charge in [-0.25, -0.2) is 0 Å². The highest BCUT2D eigenvalue weighted by molar-refractivity contribution is 6.32. The molecule has 1 rings (SSSR count). The molecule has 3 heteroatoms. The van der Waals surface area contributed by atoms with Crippen LogP contribution < -0.4 is 11.1 Å². The number of nitrogens with two attached hydrogens (primary N) is 1. The van der Waals surface area contributed by atoms with E-state index in [1.165, 1.54) is 0 Å². The van der Waals surface area contributed by atoms with Gasteiger partial charge < -0.3 is 11.1 Å². The van der Waals surface area contributed by atoms with Crippen molar-refractivity contribution in [3.05, 3.63) is 28.8 Å². The van der Waals surface area contributed by atoms with Crippen molar-refractivity contribution in [1.82, 2.24) is 5.32 Å². The lowest BCUT2D eigenvalue weighted by atomic mass is 10.2. The summed E-state index contributed by atoms with van der Waals surface area (Å²) in [6.07, 6.45) is 0.793. The van der Waals surface area contributed by atoms with Crippen LogP contribution in [0.1, 0.15) is 12.0 Å². The minimum atomic E-state index is 0.613. The smallest absolute Gasteiger partial charge is 0.0661 e. The Bertz CT molecular complexity index is 343. The molecule has 74 valence electrons. The van der Waals surface area contributed by atoms with Crippen molar-refractivity contribution in [3.63, 3.8) is 0 Å². The lowest BCUT2D eigenvalue weighted by molar-refractivity contribution is 0.818. The van der Waals surface area contributed by atoms with Gasteiger partial charge in [-0.1, -0.05) is 29.5 Å². The summed E-state index contributed by atoms with van der Waals surface area (Å²) in [5.74, 6) is 5.98. The summed E-state index contributed by atoms with van der Waals surface area (Å²) in [5.41, 5.74) is 7.09. The van der Waals surface area contributed by atoms with Crippen LogP contribution in [0.4, 0.5) is 5.69 Å². The van der Waals surface area contributed by atoms with Gasteiger partial charge in [0.05, 0.1) is 10.6 Å². The molecule has 0 aliphatic carbocycles. The van der Waals surface area contributed by atoms with Crippen molar-refractivity contribution >= 4 is 17.3 Å². The fourth-order valence-corrected chi connectivity index (χ4v) is 1.24. The van der Waals surface area contributed by atoms with Gasteiger partial charge >= 0.3 is 0 Å². The number of halogens is 1. The normalized spacial score (nSPS) is 9.29. The quantitative estimate of drug-likeness (QED) is 0.443. The second-order valence-electron chi connectivity index (χ2n) is 2.86. The third kappa shape index (κ3) is 2.95. The van der Waals surface area contributed by atoms with Crippen molar-refractivity contribution in [2.75, 3.05) is 19.3 Å². The Morgan fingerprint density at radius 3 is 2.93 bits per heavy atom. The van der Waals surface area contributed by atoms with E-state index in [9.17, 15) is 0 Å². The average molecular weight is 209 g/mol. The molecule has 2 nitrogen and oxygen atoms in total. The Labute approximate surface area is 89.4 Å². The van der Waals surface area contributed by atoms with Gasteiger partial charge in [0.15, 0.2) is 0 Å². The zero-order valence-corrected chi connectivity index (χ0v) is 8.86. The van der Waals surface area contributed by atoms with E-state index in [-0.39, 0.29) is 0 Å². The molecule has 0 saturated heterocycles. The summed E-state index contributed by atoms with van der Waals surface area (Å²) in [6.45, 7) is 0.872. The van der Waals surface area contributed by atoms with Crippen LogP contribution in [0.15, 0.2) is 18.2 Å². The maximum absolute atomic E-state index is 5.94. The molecule has 3 N–H and O–H groups in total. The van der Waals surface area contributed by atoms with Crippen LogP contribution in [0.2, 0.25) is 5.02 Å². The van der Waals surface area contributed by atoms with Gasteiger partial charge in [0.2, 0.25) is 0 Å². The van der Waals surface area contributed by atoms with Gasteiger partial charge in [-0.3, -0.25) is 0 Å². The van der Waals surface area contributed by atoms with Crippen molar-refractivity contribution in [2.24, 2.45) is 0 Å². The molecule has 0 aliphatic heterocycles. The molecule has 0 spiro atoms. The van der Waals surface area contributed by atoms with E-state index in [2.05, 4.69) is 17.2 Å². The Morgan fingerprint density at radius 1 is 1.50 bits per heavy atom. The molecule has 0 heterocycles. The topological polar surface area (TPSA) is 38.0 Å². The minimum absolute atomic E-state index is 0.613. The minimum Gasteiger partial charge on any atom is -0.398 e. The highest BCUT2D eigenvalue weighted by atomic mass is 35.5. The summed E-state index contributed by atoms with van der Waals surface area (Å²) in [6, 6.07) is 5.41. The largest absolute Gasteiger partial charge is 0.398 e. The molecule has 0 unspecified atom stereocenters. The summed E-state index contributed by atoms with van der Waals surface area (Å²) >= 11 is 5.94. The monoisotopic (exact) mass is 208 g/mol. The molecule has 0 atom stereocenters. The molecule has 0 fully saturated rings. The first-order valence-electron chi connectivity index (χ1n) is 4.43. The Morgan fingerprint density at radius 2 is 2.29 bits per heavy atom. The highest BCUT2D eigenvalue weighted by Gasteiger charge is 1.99. The van der Waals surface area contributed by atoms with E-state index < -0.39 is 0 Å². The molecular weight excluding hydrogens is 196 g/mol. The van der Waals surface area contributed by atoms with Crippen LogP contribution in [-0.2, 0) is 0 Å². The van der Waals surface area contributed by atoms with Gasteiger partial charge in [0, 0.05) is 18.7 Å². The number of nitrogen functional groups attached to an aromatic ring is 1. The van der Waals surface area contributed by atoms with Crippen LogP contribution >= 0.6 is 11.6 Å². The maximum atomic E-state index is 5.94. The van der Waals surface area contributed by atoms with Gasteiger partial charge in [0.1, 0.15) is 0 Å². The summed E-state index contributed by atoms with van der Waals surface area (Å²) in [5, 5.41) is 3.63. The molecule has 0 saturated carbocycles. The maximum Gasteiger partial charge on any atom is 0.0661 e. The highest BCUT2D eigenvalue weighted by Crippen LogP contribution is 2.20. The molecular formula is C11H13ClN2. The number of anilines is 1. The van der Waals surface area contributed by atoms with Gasteiger partial charge in [0.25, 0.3) is 0 Å². The second-order valence-corrected chi connectivity index (χ2v) is 3.27. The molecule has 0 amide bonds. The first-order chi connectivity index (χ1) is 6.75. The number of rotatable bonds is 2. The summed E-state index contributed by atoms with van der Waals surface area (Å²) in [7, 11) is 1.89. The first kappa shape index (κ1) is 10.9. The Balaban J connectivity index is 2.78. The molecule has 0 aromatic heterocycles. The predicted molar refractivity (Wildman–Crippen MR) is 61.3 cm³/mol. The molecule has 0 aliphatic rings. The molecule has 1 aromatic carbocycles. The van der Waals surface area contributed by atoms with E-state index in [0.717, 1.165) is 18.5 Å². The van der Waals surface area contributed by atoms with E-state index in [4.69, 9.17) is 17.3 Å². The number of benzene rings is 1. The van der Waals surface area contributed by atoms with E-state index in [1.807, 2.05) is 13.1 Å². The van der Waals surface area contributed by atoms with Crippen LogP contribution in [0.5, 0.6) is 0 Å².